The molecule has 0 aliphatic heterocycles. The summed E-state index contributed by atoms with van der Waals surface area (Å²) in [6, 6.07) is 7.52. The summed E-state index contributed by atoms with van der Waals surface area (Å²) < 4.78 is 15.9. The number of hydrogen-bond acceptors (Lipinski definition) is 3. The van der Waals surface area contributed by atoms with E-state index >= 15 is 0 Å². The molecule has 1 aromatic carbocycles. The minimum Gasteiger partial charge on any atom is -0.350 e. The summed E-state index contributed by atoms with van der Waals surface area (Å²) >= 11 is 0. The molecule has 0 saturated heterocycles. The first-order valence-corrected chi connectivity index (χ1v) is 8.98. The number of H-pyrrole nitrogens is 1. The molecule has 140 valence electrons. The van der Waals surface area contributed by atoms with Crippen LogP contribution < -0.4 is 10.7 Å². The Morgan fingerprint density at radius 1 is 1.33 bits per heavy atom. The largest absolute Gasteiger partial charge is 0.350 e. The molecule has 27 heavy (non-hydrogen) atoms. The normalized spacial score (nSPS) is 15.1. The zero-order chi connectivity index (χ0) is 19.2. The van der Waals surface area contributed by atoms with Gasteiger partial charge in [0.15, 0.2) is 5.43 Å². The number of nitrogens with zero attached hydrogens (tertiary/aromatic N) is 2. The van der Waals surface area contributed by atoms with Crippen LogP contribution in [0.1, 0.15) is 34.7 Å². The molecule has 0 radical (unpaired) electrons. The molecule has 2 N–H and O–H groups in total. The number of para-hydroxylation sites is 1. The second-order valence-corrected chi connectivity index (χ2v) is 7.48. The van der Waals surface area contributed by atoms with Gasteiger partial charge in [0, 0.05) is 35.7 Å². The van der Waals surface area contributed by atoms with Gasteiger partial charge in [-0.25, -0.2) is 4.39 Å². The van der Waals surface area contributed by atoms with Crippen molar-refractivity contribution in [1.82, 2.24) is 20.1 Å². The SMILES string of the molecule is Cc1cc(C)n(CC2(CNC(=O)c3cc(=O)c4cccc(F)c4[nH]3)CC2)n1. The standard InChI is InChI=1S/C20H21FN4O2/c1-12-8-13(2)25(24-12)11-20(6-7-20)10-22-19(27)16-9-17(26)14-4-3-5-15(21)18(14)23-16/h3-5,8-9H,6-7,10-11H2,1-2H3,(H,22,27)(H,23,26). The fourth-order valence-electron chi connectivity index (χ4n) is 3.44. The van der Waals surface area contributed by atoms with Gasteiger partial charge in [-0.3, -0.25) is 14.3 Å². The molecule has 2 heterocycles. The molecule has 0 spiro atoms. The molecule has 1 amide bonds. The summed E-state index contributed by atoms with van der Waals surface area (Å²) in [5, 5.41) is 7.61. The summed E-state index contributed by atoms with van der Waals surface area (Å²) in [6.07, 6.45) is 2.02. The van der Waals surface area contributed by atoms with E-state index in [1.807, 2.05) is 24.6 Å². The molecule has 3 aromatic rings. The lowest BCUT2D eigenvalue weighted by Crippen LogP contribution is -2.33. The van der Waals surface area contributed by atoms with Gasteiger partial charge in [0.05, 0.1) is 11.2 Å². The Balaban J connectivity index is 1.50. The van der Waals surface area contributed by atoms with Gasteiger partial charge in [0.1, 0.15) is 11.5 Å². The van der Waals surface area contributed by atoms with Crippen LogP contribution in [0.2, 0.25) is 0 Å². The predicted octanol–water partition coefficient (Wildman–Crippen LogP) is 2.69. The Morgan fingerprint density at radius 2 is 2.11 bits per heavy atom. The second-order valence-electron chi connectivity index (χ2n) is 7.48. The average molecular weight is 368 g/mol. The highest BCUT2D eigenvalue weighted by atomic mass is 19.1. The number of carbonyl (C=O) groups excluding carboxylic acids is 1. The third-order valence-electron chi connectivity index (χ3n) is 5.23. The number of aromatic amines is 1. The first-order chi connectivity index (χ1) is 12.9. The van der Waals surface area contributed by atoms with Crippen LogP contribution in [0.4, 0.5) is 4.39 Å². The molecular weight excluding hydrogens is 347 g/mol. The van der Waals surface area contributed by atoms with Crippen molar-refractivity contribution in [2.45, 2.75) is 33.2 Å². The van der Waals surface area contributed by atoms with Crippen LogP contribution in [0.5, 0.6) is 0 Å². The number of aromatic nitrogens is 3. The van der Waals surface area contributed by atoms with Crippen molar-refractivity contribution in [2.75, 3.05) is 6.54 Å². The molecule has 1 aliphatic rings. The molecule has 0 unspecified atom stereocenters. The number of carbonyl (C=O) groups is 1. The number of fused-ring (bicyclic) bond motifs is 1. The minimum absolute atomic E-state index is 0.0126. The van der Waals surface area contributed by atoms with E-state index in [9.17, 15) is 14.0 Å². The molecule has 0 bridgehead atoms. The van der Waals surface area contributed by atoms with E-state index in [1.54, 1.807) is 0 Å². The van der Waals surface area contributed by atoms with E-state index in [-0.39, 0.29) is 27.4 Å². The number of benzene rings is 1. The van der Waals surface area contributed by atoms with Gasteiger partial charge in [-0.2, -0.15) is 5.10 Å². The van der Waals surface area contributed by atoms with Crippen molar-refractivity contribution in [3.8, 4) is 0 Å². The van der Waals surface area contributed by atoms with E-state index in [1.165, 1.54) is 24.3 Å². The van der Waals surface area contributed by atoms with E-state index in [0.717, 1.165) is 30.8 Å². The highest BCUT2D eigenvalue weighted by molar-refractivity contribution is 5.94. The van der Waals surface area contributed by atoms with E-state index in [4.69, 9.17) is 0 Å². The maximum absolute atomic E-state index is 14.0. The Morgan fingerprint density at radius 3 is 2.78 bits per heavy atom. The first kappa shape index (κ1) is 17.5. The van der Waals surface area contributed by atoms with Crippen molar-refractivity contribution in [3.63, 3.8) is 0 Å². The second kappa shape index (κ2) is 6.33. The van der Waals surface area contributed by atoms with Gasteiger partial charge in [0.25, 0.3) is 5.91 Å². The Kier molecular flexibility index (Phi) is 4.09. The molecule has 7 heteroatoms. The molecule has 0 atom stereocenters. The lowest BCUT2D eigenvalue weighted by molar-refractivity contribution is 0.0937. The lowest BCUT2D eigenvalue weighted by Gasteiger charge is -2.17. The molecule has 4 rings (SSSR count). The van der Waals surface area contributed by atoms with E-state index in [2.05, 4.69) is 15.4 Å². The summed E-state index contributed by atoms with van der Waals surface area (Å²) in [6.45, 7) is 5.21. The molecule has 2 aromatic heterocycles. The number of rotatable bonds is 5. The van der Waals surface area contributed by atoms with Crippen LogP contribution in [-0.2, 0) is 6.54 Å². The van der Waals surface area contributed by atoms with Crippen LogP contribution in [-0.4, -0.2) is 27.2 Å². The van der Waals surface area contributed by atoms with Gasteiger partial charge in [-0.05, 0) is 44.9 Å². The topological polar surface area (TPSA) is 79.8 Å². The smallest absolute Gasteiger partial charge is 0.267 e. The van der Waals surface area contributed by atoms with Gasteiger partial charge < -0.3 is 10.3 Å². The number of halogens is 1. The molecule has 1 fully saturated rings. The minimum atomic E-state index is -0.553. The fourth-order valence-corrected chi connectivity index (χ4v) is 3.44. The molecule has 6 nitrogen and oxygen atoms in total. The van der Waals surface area contributed by atoms with E-state index in [0.29, 0.717) is 6.54 Å². The van der Waals surface area contributed by atoms with Crippen molar-refractivity contribution < 1.29 is 9.18 Å². The maximum Gasteiger partial charge on any atom is 0.267 e. The van der Waals surface area contributed by atoms with Crippen molar-refractivity contribution >= 4 is 16.8 Å². The van der Waals surface area contributed by atoms with Gasteiger partial charge in [0.2, 0.25) is 0 Å². The van der Waals surface area contributed by atoms with Crippen LogP contribution in [0.25, 0.3) is 10.9 Å². The molecular formula is C20H21FN4O2. The Bertz CT molecular complexity index is 1100. The molecule has 1 saturated carbocycles. The van der Waals surface area contributed by atoms with Crippen LogP contribution in [0.15, 0.2) is 35.1 Å². The third kappa shape index (κ3) is 3.37. The van der Waals surface area contributed by atoms with Gasteiger partial charge in [-0.15, -0.1) is 0 Å². The zero-order valence-electron chi connectivity index (χ0n) is 15.3. The average Bonchev–Trinajstić information content (AvgIpc) is 3.32. The monoisotopic (exact) mass is 368 g/mol. The lowest BCUT2D eigenvalue weighted by atomic mass is 10.1. The quantitative estimate of drug-likeness (QED) is 0.727. The summed E-state index contributed by atoms with van der Waals surface area (Å²) in [5.74, 6) is -0.959. The van der Waals surface area contributed by atoms with Crippen molar-refractivity contribution in [1.29, 1.82) is 0 Å². The zero-order valence-corrected chi connectivity index (χ0v) is 15.3. The summed E-state index contributed by atoms with van der Waals surface area (Å²) in [5.41, 5.74) is 1.81. The highest BCUT2D eigenvalue weighted by Gasteiger charge is 2.43. The predicted molar refractivity (Wildman–Crippen MR) is 100 cm³/mol. The summed E-state index contributed by atoms with van der Waals surface area (Å²) in [4.78, 5) is 27.4. The fraction of sp³-hybridized carbons (Fsp3) is 0.350. The van der Waals surface area contributed by atoms with Crippen molar-refractivity contribution in [2.24, 2.45) is 5.41 Å². The van der Waals surface area contributed by atoms with Crippen LogP contribution in [0, 0.1) is 25.1 Å². The van der Waals surface area contributed by atoms with Crippen molar-refractivity contribution in [3.05, 3.63) is 63.5 Å². The maximum atomic E-state index is 14.0. The van der Waals surface area contributed by atoms with E-state index < -0.39 is 11.7 Å². The molecule has 1 aliphatic carbocycles. The summed E-state index contributed by atoms with van der Waals surface area (Å²) in [7, 11) is 0. The number of nitrogens with one attached hydrogen (secondary N) is 2. The van der Waals surface area contributed by atoms with Crippen LogP contribution in [0.3, 0.4) is 0 Å². The number of hydrogen-bond donors (Lipinski definition) is 2. The number of amides is 1. The first-order valence-electron chi connectivity index (χ1n) is 8.98. The Labute approximate surface area is 155 Å². The van der Waals surface area contributed by atoms with Gasteiger partial charge >= 0.3 is 0 Å². The number of aryl methyl sites for hydroxylation is 2. The van der Waals surface area contributed by atoms with Crippen LogP contribution >= 0.6 is 0 Å². The number of pyridine rings is 1. The highest BCUT2D eigenvalue weighted by Crippen LogP contribution is 2.46. The van der Waals surface area contributed by atoms with Gasteiger partial charge in [-0.1, -0.05) is 6.07 Å². The Hall–Kier alpha value is -2.96. The third-order valence-corrected chi connectivity index (χ3v) is 5.23.